The Bertz CT molecular complexity index is 126. The zero-order chi connectivity index (χ0) is 6.91. The second kappa shape index (κ2) is 1.99. The summed E-state index contributed by atoms with van der Waals surface area (Å²) in [5, 5.41) is 8.25. The molecule has 1 heterocycles. The van der Waals surface area contributed by atoms with Gasteiger partial charge >= 0.3 is 5.97 Å². The molecule has 0 spiro atoms. The van der Waals surface area contributed by atoms with Crippen LogP contribution in [0.4, 0.5) is 0 Å². The summed E-state index contributed by atoms with van der Waals surface area (Å²) < 4.78 is 4.98. The molecule has 1 fully saturated rings. The second-order valence-corrected chi connectivity index (χ2v) is 2.63. The zero-order valence-corrected chi connectivity index (χ0v) is 5.39. The van der Waals surface area contributed by atoms with Gasteiger partial charge in [-0.25, -0.2) is 0 Å². The van der Waals surface area contributed by atoms with E-state index in [1.807, 2.05) is 6.92 Å². The van der Waals surface area contributed by atoms with E-state index in [-0.39, 0.29) is 12.0 Å². The fourth-order valence-electron chi connectivity index (χ4n) is 0.639. The minimum absolute atomic E-state index is 0.0988. The fourth-order valence-corrected chi connectivity index (χ4v) is 0.639. The van der Waals surface area contributed by atoms with E-state index < -0.39 is 5.97 Å². The van der Waals surface area contributed by atoms with Gasteiger partial charge in [-0.3, -0.25) is 4.79 Å². The summed E-state index contributed by atoms with van der Waals surface area (Å²) in [4.78, 5) is 10.0. The highest BCUT2D eigenvalue weighted by molar-refractivity contribution is 5.66. The van der Waals surface area contributed by atoms with Gasteiger partial charge < -0.3 is 9.84 Å². The third-order valence-electron chi connectivity index (χ3n) is 1.50. The third-order valence-corrected chi connectivity index (χ3v) is 1.50. The second-order valence-electron chi connectivity index (χ2n) is 2.63. The van der Waals surface area contributed by atoms with Gasteiger partial charge in [0.2, 0.25) is 0 Å². The number of hydrogen-bond donors (Lipinski definition) is 1. The summed E-state index contributed by atoms with van der Waals surface area (Å²) in [5.41, 5.74) is -0.0988. The number of rotatable bonds is 3. The number of epoxide rings is 1. The number of carboxylic acids is 1. The van der Waals surface area contributed by atoms with Gasteiger partial charge in [0.05, 0.1) is 12.2 Å². The van der Waals surface area contributed by atoms with Crippen molar-refractivity contribution < 1.29 is 14.6 Å². The Labute approximate surface area is 53.6 Å². The van der Waals surface area contributed by atoms with E-state index in [1.54, 1.807) is 0 Å². The minimum Gasteiger partial charge on any atom is -0.481 e. The van der Waals surface area contributed by atoms with Crippen molar-refractivity contribution in [1.82, 2.24) is 0 Å². The molecule has 0 aromatic heterocycles. The van der Waals surface area contributed by atoms with Gasteiger partial charge in [0.15, 0.2) is 0 Å². The molecule has 0 saturated carbocycles. The van der Waals surface area contributed by atoms with Crippen LogP contribution in [0.15, 0.2) is 0 Å². The highest BCUT2D eigenvalue weighted by Gasteiger charge is 2.38. The normalized spacial score (nSPS) is 32.1. The Hall–Kier alpha value is -0.570. The van der Waals surface area contributed by atoms with Crippen molar-refractivity contribution in [3.05, 3.63) is 0 Å². The van der Waals surface area contributed by atoms with Crippen LogP contribution in [0.2, 0.25) is 0 Å². The van der Waals surface area contributed by atoms with Gasteiger partial charge in [0.25, 0.3) is 0 Å². The van der Waals surface area contributed by atoms with Crippen molar-refractivity contribution >= 4 is 5.97 Å². The average molecular weight is 130 g/mol. The average Bonchev–Trinajstić information content (AvgIpc) is 2.45. The van der Waals surface area contributed by atoms with Crippen LogP contribution in [-0.4, -0.2) is 23.3 Å². The molecule has 9 heavy (non-hydrogen) atoms. The Morgan fingerprint density at radius 2 is 2.44 bits per heavy atom. The highest BCUT2D eigenvalue weighted by Crippen LogP contribution is 2.30. The molecule has 1 N–H and O–H groups in total. The van der Waals surface area contributed by atoms with Crippen molar-refractivity contribution in [3.63, 3.8) is 0 Å². The van der Waals surface area contributed by atoms with E-state index in [1.165, 1.54) is 0 Å². The van der Waals surface area contributed by atoms with Crippen molar-refractivity contribution in [1.29, 1.82) is 0 Å². The molecular weight excluding hydrogens is 120 g/mol. The summed E-state index contributed by atoms with van der Waals surface area (Å²) in [6.07, 6.45) is 0.860. The first-order valence-electron chi connectivity index (χ1n) is 2.98. The van der Waals surface area contributed by atoms with E-state index >= 15 is 0 Å². The number of carbonyl (C=O) groups is 1. The number of ether oxygens (including phenoxy) is 1. The van der Waals surface area contributed by atoms with E-state index in [4.69, 9.17) is 9.84 Å². The molecule has 0 aromatic rings. The Kier molecular flexibility index (Phi) is 1.45. The molecule has 3 heteroatoms. The van der Waals surface area contributed by atoms with Gasteiger partial charge in [0.1, 0.15) is 0 Å². The van der Waals surface area contributed by atoms with Crippen molar-refractivity contribution in [2.45, 2.75) is 25.4 Å². The molecular formula is C6H10O3. The first kappa shape index (κ1) is 6.55. The lowest BCUT2D eigenvalue weighted by Crippen LogP contribution is -2.07. The van der Waals surface area contributed by atoms with Crippen LogP contribution in [-0.2, 0) is 9.53 Å². The lowest BCUT2D eigenvalue weighted by molar-refractivity contribution is -0.137. The molecule has 0 bridgehead atoms. The molecule has 52 valence electrons. The Morgan fingerprint density at radius 3 is 2.78 bits per heavy atom. The molecule has 1 saturated heterocycles. The maximum Gasteiger partial charge on any atom is 0.303 e. The molecule has 0 radical (unpaired) electrons. The van der Waals surface area contributed by atoms with Crippen molar-refractivity contribution in [2.24, 2.45) is 0 Å². The molecule has 1 aliphatic heterocycles. The molecule has 1 unspecified atom stereocenters. The quantitative estimate of drug-likeness (QED) is 0.570. The van der Waals surface area contributed by atoms with Gasteiger partial charge in [-0.1, -0.05) is 0 Å². The zero-order valence-electron chi connectivity index (χ0n) is 5.39. The largest absolute Gasteiger partial charge is 0.481 e. The summed E-state index contributed by atoms with van der Waals surface area (Å²) in [6, 6.07) is 0. The molecule has 1 rings (SSSR count). The topological polar surface area (TPSA) is 49.8 Å². The van der Waals surface area contributed by atoms with Crippen LogP contribution < -0.4 is 0 Å². The lowest BCUT2D eigenvalue weighted by atomic mass is 10.1. The number of hydrogen-bond acceptors (Lipinski definition) is 2. The monoisotopic (exact) mass is 130 g/mol. The van der Waals surface area contributed by atoms with Crippen LogP contribution in [0.25, 0.3) is 0 Å². The predicted molar refractivity (Wildman–Crippen MR) is 31.2 cm³/mol. The van der Waals surface area contributed by atoms with Crippen LogP contribution in [0.5, 0.6) is 0 Å². The SMILES string of the molecule is CC1(CCC(=O)O)CO1. The minimum atomic E-state index is -0.744. The first-order chi connectivity index (χ1) is 4.12. The smallest absolute Gasteiger partial charge is 0.303 e. The van der Waals surface area contributed by atoms with Crippen LogP contribution in [0.3, 0.4) is 0 Å². The third kappa shape index (κ3) is 2.01. The van der Waals surface area contributed by atoms with Crippen LogP contribution >= 0.6 is 0 Å². The van der Waals surface area contributed by atoms with E-state index in [0.29, 0.717) is 6.42 Å². The summed E-state index contributed by atoms with van der Waals surface area (Å²) in [5.74, 6) is -0.744. The molecule has 1 aliphatic rings. The Morgan fingerprint density at radius 1 is 1.89 bits per heavy atom. The summed E-state index contributed by atoms with van der Waals surface area (Å²) in [6.45, 7) is 2.65. The summed E-state index contributed by atoms with van der Waals surface area (Å²) in [7, 11) is 0. The molecule has 0 aromatic carbocycles. The molecule has 0 aliphatic carbocycles. The first-order valence-corrected chi connectivity index (χ1v) is 2.98. The van der Waals surface area contributed by atoms with Gasteiger partial charge in [-0.05, 0) is 13.3 Å². The summed E-state index contributed by atoms with van der Waals surface area (Å²) >= 11 is 0. The maximum absolute atomic E-state index is 10.0. The van der Waals surface area contributed by atoms with E-state index in [9.17, 15) is 4.79 Å². The van der Waals surface area contributed by atoms with Gasteiger partial charge in [0, 0.05) is 6.42 Å². The van der Waals surface area contributed by atoms with Crippen molar-refractivity contribution in [3.8, 4) is 0 Å². The van der Waals surface area contributed by atoms with Crippen LogP contribution in [0.1, 0.15) is 19.8 Å². The Balaban J connectivity index is 2.12. The van der Waals surface area contributed by atoms with Crippen LogP contribution in [0, 0.1) is 0 Å². The van der Waals surface area contributed by atoms with Gasteiger partial charge in [-0.15, -0.1) is 0 Å². The van der Waals surface area contributed by atoms with E-state index in [2.05, 4.69) is 0 Å². The van der Waals surface area contributed by atoms with E-state index in [0.717, 1.165) is 6.61 Å². The molecule has 0 amide bonds. The lowest BCUT2D eigenvalue weighted by Gasteiger charge is -1.98. The van der Waals surface area contributed by atoms with Crippen molar-refractivity contribution in [2.75, 3.05) is 6.61 Å². The molecule has 3 nitrogen and oxygen atoms in total. The molecule has 1 atom stereocenters. The fraction of sp³-hybridized carbons (Fsp3) is 0.833. The number of carboxylic acid groups (broad SMARTS) is 1. The maximum atomic E-state index is 10.0. The van der Waals surface area contributed by atoms with Gasteiger partial charge in [-0.2, -0.15) is 0 Å². The number of aliphatic carboxylic acids is 1. The standard InChI is InChI=1S/C6H10O3/c1-6(4-9-6)3-2-5(7)8/h2-4H2,1H3,(H,7,8). The highest BCUT2D eigenvalue weighted by atomic mass is 16.6. The predicted octanol–water partition coefficient (Wildman–Crippen LogP) is 0.640.